The number of carbonyl (C=O) groups is 1. The molecule has 1 amide bonds. The Bertz CT molecular complexity index is 1320. The fraction of sp³-hybridized carbons (Fsp3) is 0.462. The fourth-order valence-electron chi connectivity index (χ4n) is 4.09. The summed E-state index contributed by atoms with van der Waals surface area (Å²) < 4.78 is 36.7. The second-order valence-corrected chi connectivity index (χ2v) is 9.23. The van der Waals surface area contributed by atoms with E-state index in [9.17, 15) is 14.3 Å². The molecule has 0 saturated carbocycles. The highest BCUT2D eigenvalue weighted by Gasteiger charge is 2.29. The lowest BCUT2D eigenvalue weighted by Gasteiger charge is -2.32. The molecule has 3 N–H and O–H groups in total. The lowest BCUT2D eigenvalue weighted by molar-refractivity contribution is -0.230. The first-order valence-corrected chi connectivity index (χ1v) is 12.2. The second kappa shape index (κ2) is 12.4. The predicted molar refractivity (Wildman–Crippen MR) is 136 cm³/mol. The lowest BCUT2D eigenvalue weighted by atomic mass is 10.0. The Hall–Kier alpha value is -3.45. The SMILES string of the molecule is CO/C(C)=C/C=c1/ncc(F)c(C[C@H](O)C2OCC(NCc3cnc4c(n3)NC(=O)CO4)CO2)c1=C(C)C. The molecule has 12 heteroatoms. The Labute approximate surface area is 219 Å². The van der Waals surface area contributed by atoms with Crippen molar-refractivity contribution in [3.63, 3.8) is 0 Å². The molecule has 0 spiro atoms. The molecule has 2 aromatic heterocycles. The van der Waals surface area contributed by atoms with Gasteiger partial charge in [-0.25, -0.2) is 14.4 Å². The number of fused-ring (bicyclic) bond motifs is 1. The topological polar surface area (TPSA) is 137 Å². The van der Waals surface area contributed by atoms with Crippen LogP contribution in [-0.4, -0.2) is 71.3 Å². The normalized spacial score (nSPS) is 20.8. The summed E-state index contributed by atoms with van der Waals surface area (Å²) in [5, 5.41) is 18.0. The molecular weight excluding hydrogens is 497 g/mol. The average molecular weight is 530 g/mol. The number of rotatable bonds is 8. The van der Waals surface area contributed by atoms with Gasteiger partial charge in [0.15, 0.2) is 18.7 Å². The number of hydrogen-bond donors (Lipinski definition) is 3. The first-order chi connectivity index (χ1) is 18.2. The van der Waals surface area contributed by atoms with Crippen molar-refractivity contribution in [1.82, 2.24) is 20.3 Å². The number of amides is 1. The molecule has 4 heterocycles. The van der Waals surface area contributed by atoms with E-state index in [0.717, 1.165) is 11.8 Å². The van der Waals surface area contributed by atoms with Gasteiger partial charge >= 0.3 is 0 Å². The van der Waals surface area contributed by atoms with Crippen LogP contribution >= 0.6 is 0 Å². The summed E-state index contributed by atoms with van der Waals surface area (Å²) in [6, 6.07) is -0.168. The highest BCUT2D eigenvalue weighted by atomic mass is 19.1. The van der Waals surface area contributed by atoms with Crippen LogP contribution in [0, 0.1) is 5.82 Å². The summed E-state index contributed by atoms with van der Waals surface area (Å²) in [5.41, 5.74) is 1.81. The smallest absolute Gasteiger partial charge is 0.263 e. The molecule has 38 heavy (non-hydrogen) atoms. The molecular formula is C26H32FN5O6. The van der Waals surface area contributed by atoms with Crippen molar-refractivity contribution in [2.45, 2.75) is 52.2 Å². The van der Waals surface area contributed by atoms with E-state index in [4.69, 9.17) is 18.9 Å². The molecule has 0 aliphatic carbocycles. The monoisotopic (exact) mass is 529 g/mol. The summed E-state index contributed by atoms with van der Waals surface area (Å²) in [5.74, 6) is 0.462. The quantitative estimate of drug-likeness (QED) is 0.410. The lowest BCUT2D eigenvalue weighted by Crippen LogP contribution is -2.49. The number of allylic oxidation sites excluding steroid dienone is 2. The van der Waals surface area contributed by atoms with Gasteiger partial charge < -0.3 is 34.7 Å². The predicted octanol–water partition coefficient (Wildman–Crippen LogP) is 0.298. The molecule has 2 aliphatic rings. The van der Waals surface area contributed by atoms with E-state index in [1.807, 2.05) is 13.8 Å². The van der Waals surface area contributed by atoms with Crippen LogP contribution in [0.3, 0.4) is 0 Å². The van der Waals surface area contributed by atoms with E-state index in [1.165, 1.54) is 0 Å². The Morgan fingerprint density at radius 3 is 2.76 bits per heavy atom. The van der Waals surface area contributed by atoms with Crippen molar-refractivity contribution in [2.75, 3.05) is 32.2 Å². The van der Waals surface area contributed by atoms with Crippen LogP contribution in [0.2, 0.25) is 0 Å². The van der Waals surface area contributed by atoms with Gasteiger partial charge in [-0.2, -0.15) is 0 Å². The Morgan fingerprint density at radius 1 is 1.29 bits per heavy atom. The van der Waals surface area contributed by atoms with Crippen LogP contribution in [-0.2, 0) is 32.0 Å². The van der Waals surface area contributed by atoms with Crippen LogP contribution < -0.4 is 25.9 Å². The van der Waals surface area contributed by atoms with Gasteiger partial charge in [-0.05, 0) is 32.9 Å². The van der Waals surface area contributed by atoms with E-state index < -0.39 is 18.2 Å². The number of carbonyl (C=O) groups excluding carboxylic acids is 1. The van der Waals surface area contributed by atoms with Crippen LogP contribution in [0.5, 0.6) is 5.88 Å². The number of ether oxygens (including phenoxy) is 4. The summed E-state index contributed by atoms with van der Waals surface area (Å²) in [6.07, 6.45) is 4.21. The molecule has 0 bridgehead atoms. The number of nitrogens with one attached hydrogen (secondary N) is 2. The third kappa shape index (κ3) is 6.70. The molecule has 1 saturated heterocycles. The zero-order valence-corrected chi connectivity index (χ0v) is 21.8. The molecule has 1 fully saturated rings. The van der Waals surface area contributed by atoms with Crippen LogP contribution in [0.25, 0.3) is 11.6 Å². The number of anilines is 1. The maximum absolute atomic E-state index is 14.9. The van der Waals surface area contributed by atoms with E-state index in [1.54, 1.807) is 32.4 Å². The van der Waals surface area contributed by atoms with Crippen molar-refractivity contribution in [2.24, 2.45) is 0 Å². The van der Waals surface area contributed by atoms with Crippen molar-refractivity contribution in [3.05, 3.63) is 51.9 Å². The van der Waals surface area contributed by atoms with Gasteiger partial charge in [-0.15, -0.1) is 0 Å². The van der Waals surface area contributed by atoms with Crippen LogP contribution in [0.15, 0.2) is 24.2 Å². The zero-order valence-electron chi connectivity index (χ0n) is 21.8. The number of nitrogens with zero attached hydrogens (tertiary/aromatic N) is 3. The third-order valence-corrected chi connectivity index (χ3v) is 6.07. The number of aliphatic hydroxyl groups is 1. The first-order valence-electron chi connectivity index (χ1n) is 12.2. The summed E-state index contributed by atoms with van der Waals surface area (Å²) >= 11 is 0. The minimum atomic E-state index is -1.09. The highest BCUT2D eigenvalue weighted by molar-refractivity contribution is 5.93. The molecule has 0 radical (unpaired) electrons. The summed E-state index contributed by atoms with van der Waals surface area (Å²) in [6.45, 7) is 6.35. The van der Waals surface area contributed by atoms with Gasteiger partial charge in [0.1, 0.15) is 11.9 Å². The Balaban J connectivity index is 1.37. The van der Waals surface area contributed by atoms with Gasteiger partial charge in [0, 0.05) is 23.7 Å². The maximum Gasteiger partial charge on any atom is 0.263 e. The average Bonchev–Trinajstić information content (AvgIpc) is 2.91. The number of aromatic nitrogens is 3. The molecule has 4 rings (SSSR count). The number of halogens is 1. The summed E-state index contributed by atoms with van der Waals surface area (Å²) in [7, 11) is 1.57. The zero-order chi connectivity index (χ0) is 27.2. The van der Waals surface area contributed by atoms with E-state index in [2.05, 4.69) is 25.6 Å². The molecule has 204 valence electrons. The van der Waals surface area contributed by atoms with Gasteiger partial charge in [0.25, 0.3) is 11.8 Å². The molecule has 2 aliphatic heterocycles. The van der Waals surface area contributed by atoms with E-state index in [0.29, 0.717) is 34.1 Å². The first kappa shape index (κ1) is 27.6. The summed E-state index contributed by atoms with van der Waals surface area (Å²) in [4.78, 5) is 24.2. The van der Waals surface area contributed by atoms with E-state index >= 15 is 0 Å². The number of aliphatic hydroxyl groups excluding tert-OH is 1. The largest absolute Gasteiger partial charge is 0.501 e. The van der Waals surface area contributed by atoms with Crippen molar-refractivity contribution in [3.8, 4) is 5.88 Å². The van der Waals surface area contributed by atoms with Crippen LogP contribution in [0.1, 0.15) is 32.0 Å². The Morgan fingerprint density at radius 2 is 2.05 bits per heavy atom. The minimum Gasteiger partial charge on any atom is -0.501 e. The van der Waals surface area contributed by atoms with Gasteiger partial charge in [0.05, 0.1) is 55.6 Å². The number of hydrogen-bond acceptors (Lipinski definition) is 10. The van der Waals surface area contributed by atoms with Crippen molar-refractivity contribution < 1.29 is 33.2 Å². The van der Waals surface area contributed by atoms with Crippen molar-refractivity contribution >= 4 is 23.4 Å². The molecule has 2 aromatic rings. The Kier molecular flexibility index (Phi) is 9.00. The fourth-order valence-corrected chi connectivity index (χ4v) is 4.09. The molecule has 1 atom stereocenters. The number of pyridine rings is 1. The molecule has 0 aromatic carbocycles. The standard InChI is InChI=1S/C26H32FN5O6/c1-14(2)23-18(19(27)10-29-20(23)6-5-15(3)35-4)7-21(33)26-37-11-17(12-38-26)28-8-16-9-30-25-24(31-16)32-22(34)13-36-25/h5-6,9-10,17,21,26,28,33H,7-8,11-13H2,1-4H3,(H,31,32,34)/b15-5+,20-6+/t17?,21-,26?/m0/s1. The second-order valence-electron chi connectivity index (χ2n) is 9.23. The third-order valence-electron chi connectivity index (χ3n) is 6.07. The minimum absolute atomic E-state index is 0.00997. The molecule has 0 unspecified atom stereocenters. The highest BCUT2D eigenvalue weighted by Crippen LogP contribution is 2.22. The van der Waals surface area contributed by atoms with E-state index in [-0.39, 0.29) is 49.9 Å². The maximum atomic E-state index is 14.9. The van der Waals surface area contributed by atoms with Gasteiger partial charge in [0.2, 0.25) is 0 Å². The molecule has 11 nitrogen and oxygen atoms in total. The van der Waals surface area contributed by atoms with Gasteiger partial charge in [-0.1, -0.05) is 5.57 Å². The van der Waals surface area contributed by atoms with Crippen LogP contribution in [0.4, 0.5) is 10.2 Å². The number of methoxy groups -OCH3 is 1. The van der Waals surface area contributed by atoms with Crippen molar-refractivity contribution in [1.29, 1.82) is 0 Å². The van der Waals surface area contributed by atoms with Gasteiger partial charge in [-0.3, -0.25) is 9.78 Å².